The zero-order valence-electron chi connectivity index (χ0n) is 18.8. The van der Waals surface area contributed by atoms with Crippen LogP contribution in [0.2, 0.25) is 0 Å². The average Bonchev–Trinajstić information content (AvgIpc) is 3.26. The predicted molar refractivity (Wildman–Crippen MR) is 116 cm³/mol. The molecule has 1 aromatic carbocycles. The van der Waals surface area contributed by atoms with Crippen molar-refractivity contribution in [2.75, 3.05) is 19.7 Å². The summed E-state index contributed by atoms with van der Waals surface area (Å²) in [5.74, 6) is -2.18. The maximum atomic E-state index is 13.0. The van der Waals surface area contributed by atoms with Crippen LogP contribution in [0, 0.1) is 0 Å². The van der Waals surface area contributed by atoms with Crippen molar-refractivity contribution in [2.24, 2.45) is 0 Å². The van der Waals surface area contributed by atoms with Crippen LogP contribution in [0.3, 0.4) is 0 Å². The Morgan fingerprint density at radius 2 is 1.85 bits per heavy atom. The Balaban J connectivity index is 1.78. The van der Waals surface area contributed by atoms with E-state index in [0.717, 1.165) is 10.6 Å². The minimum atomic E-state index is -0.955. The van der Waals surface area contributed by atoms with Crippen LogP contribution in [-0.4, -0.2) is 65.3 Å². The first-order chi connectivity index (χ1) is 15.6. The van der Waals surface area contributed by atoms with Crippen molar-refractivity contribution >= 4 is 23.9 Å². The number of alkyl carbamates (subject to hydrolysis) is 1. The van der Waals surface area contributed by atoms with Gasteiger partial charge in [-0.25, -0.2) is 24.4 Å². The quantitative estimate of drug-likeness (QED) is 0.374. The number of carbonyl (C=O) groups excluding carboxylic acids is 4. The first kappa shape index (κ1) is 24.0. The summed E-state index contributed by atoms with van der Waals surface area (Å²) in [5, 5.41) is 5.05. The van der Waals surface area contributed by atoms with E-state index in [4.69, 9.17) is 14.2 Å². The van der Waals surface area contributed by atoms with Crippen molar-refractivity contribution < 1.29 is 33.4 Å². The monoisotopic (exact) mass is 457 g/mol. The molecule has 0 aromatic heterocycles. The molecule has 10 heteroatoms. The summed E-state index contributed by atoms with van der Waals surface area (Å²) in [6, 6.07) is 8.11. The Hall–Kier alpha value is -3.66. The second-order valence-electron chi connectivity index (χ2n) is 8.47. The molecule has 2 amide bonds. The molecule has 0 unspecified atom stereocenters. The van der Waals surface area contributed by atoms with Crippen LogP contribution in [0.15, 0.2) is 54.3 Å². The molecule has 1 fully saturated rings. The second-order valence-corrected chi connectivity index (χ2v) is 8.47. The lowest BCUT2D eigenvalue weighted by Gasteiger charge is -2.21. The number of carbonyl (C=O) groups is 4. The van der Waals surface area contributed by atoms with Crippen LogP contribution in [0.4, 0.5) is 4.79 Å². The molecule has 2 heterocycles. The lowest BCUT2D eigenvalue weighted by Crippen LogP contribution is -2.45. The summed E-state index contributed by atoms with van der Waals surface area (Å²) in [7, 11) is 0. The highest BCUT2D eigenvalue weighted by molar-refractivity contribution is 6.05. The first-order valence-corrected chi connectivity index (χ1v) is 10.4. The summed E-state index contributed by atoms with van der Waals surface area (Å²) >= 11 is 0. The van der Waals surface area contributed by atoms with E-state index in [-0.39, 0.29) is 37.6 Å². The van der Waals surface area contributed by atoms with Gasteiger partial charge in [-0.2, -0.15) is 0 Å². The zero-order chi connectivity index (χ0) is 24.2. The topological polar surface area (TPSA) is 114 Å². The third kappa shape index (κ3) is 5.78. The van der Waals surface area contributed by atoms with Gasteiger partial charge in [0.05, 0.1) is 12.1 Å². The number of benzene rings is 1. The van der Waals surface area contributed by atoms with E-state index in [0.29, 0.717) is 0 Å². The van der Waals surface area contributed by atoms with Crippen LogP contribution < -0.4 is 5.32 Å². The van der Waals surface area contributed by atoms with Crippen molar-refractivity contribution in [1.29, 1.82) is 0 Å². The molecular formula is C23H27N3O7. The number of nitrogens with one attached hydrogen (secondary N) is 1. The summed E-state index contributed by atoms with van der Waals surface area (Å²) in [5.41, 5.74) is -0.187. The van der Waals surface area contributed by atoms with E-state index in [1.807, 2.05) is 18.2 Å². The van der Waals surface area contributed by atoms with Crippen molar-refractivity contribution in [3.05, 3.63) is 59.8 Å². The van der Waals surface area contributed by atoms with E-state index in [1.54, 1.807) is 32.9 Å². The molecule has 1 saturated heterocycles. The number of esters is 2. The largest absolute Gasteiger partial charge is 0.457 e. The van der Waals surface area contributed by atoms with Crippen molar-refractivity contribution in [1.82, 2.24) is 15.3 Å². The van der Waals surface area contributed by atoms with Gasteiger partial charge in [-0.3, -0.25) is 4.79 Å². The van der Waals surface area contributed by atoms with Gasteiger partial charge < -0.3 is 19.5 Å². The van der Waals surface area contributed by atoms with Crippen LogP contribution in [0.1, 0.15) is 26.3 Å². The van der Waals surface area contributed by atoms with Crippen molar-refractivity contribution in [2.45, 2.75) is 39.0 Å². The Morgan fingerprint density at radius 1 is 1.15 bits per heavy atom. The summed E-state index contributed by atoms with van der Waals surface area (Å²) in [6.07, 6.45) is 0.613. The fourth-order valence-electron chi connectivity index (χ4n) is 3.37. The van der Waals surface area contributed by atoms with E-state index >= 15 is 0 Å². The highest BCUT2D eigenvalue weighted by Gasteiger charge is 2.50. The van der Waals surface area contributed by atoms with Crippen LogP contribution >= 0.6 is 0 Å². The minimum Gasteiger partial charge on any atom is -0.457 e. The van der Waals surface area contributed by atoms with Crippen LogP contribution in [-0.2, 0) is 35.2 Å². The third-order valence-corrected chi connectivity index (χ3v) is 4.70. The number of rotatable bonds is 7. The molecule has 0 saturated carbocycles. The minimum absolute atomic E-state index is 0.00376. The molecule has 3 rings (SSSR count). The molecule has 0 spiro atoms. The predicted octanol–water partition coefficient (Wildman–Crippen LogP) is 1.68. The number of hydrogen-bond donors (Lipinski definition) is 1. The molecule has 1 aromatic rings. The maximum Gasteiger partial charge on any atom is 0.408 e. The highest BCUT2D eigenvalue weighted by Crippen LogP contribution is 2.31. The fourth-order valence-corrected chi connectivity index (χ4v) is 3.37. The first-order valence-electron chi connectivity index (χ1n) is 10.4. The number of nitrogens with zero attached hydrogens (tertiary/aromatic N) is 2. The molecule has 0 aliphatic carbocycles. The Kier molecular flexibility index (Phi) is 7.17. The van der Waals surface area contributed by atoms with Crippen LogP contribution in [0.25, 0.3) is 0 Å². The standard InChI is InChI=1S/C23H27N3O7/c1-5-11-31-21(29)18-16(20(28)32-14-15-9-7-6-8-10-15)12-25-13-17(19(27)26(18)25)24-22(30)33-23(2,3)4/h5-10,17H,1,11-14H2,2-4H3,(H,24,30)/t17-/m0/s1. The van der Waals surface area contributed by atoms with Crippen LogP contribution in [0.5, 0.6) is 0 Å². The van der Waals surface area contributed by atoms with Gasteiger partial charge in [-0.05, 0) is 26.3 Å². The van der Waals surface area contributed by atoms with Gasteiger partial charge in [-0.1, -0.05) is 43.0 Å². The Morgan fingerprint density at radius 3 is 2.48 bits per heavy atom. The Bertz CT molecular complexity index is 982. The normalized spacial score (nSPS) is 18.1. The molecule has 2 aliphatic heterocycles. The van der Waals surface area contributed by atoms with Gasteiger partial charge in [0.2, 0.25) is 0 Å². The van der Waals surface area contributed by atoms with Gasteiger partial charge >= 0.3 is 18.0 Å². The smallest absolute Gasteiger partial charge is 0.408 e. The molecule has 176 valence electrons. The lowest BCUT2D eigenvalue weighted by molar-refractivity contribution is -0.146. The molecule has 0 bridgehead atoms. The maximum absolute atomic E-state index is 13.0. The van der Waals surface area contributed by atoms with Gasteiger partial charge in [-0.15, -0.1) is 0 Å². The molecule has 1 atom stereocenters. The molecular weight excluding hydrogens is 430 g/mol. The zero-order valence-corrected chi connectivity index (χ0v) is 18.8. The fraction of sp³-hybridized carbons (Fsp3) is 0.391. The number of hydrogen-bond acceptors (Lipinski definition) is 8. The van der Waals surface area contributed by atoms with Crippen molar-refractivity contribution in [3.63, 3.8) is 0 Å². The number of fused-ring (bicyclic) bond motifs is 1. The molecule has 10 nitrogen and oxygen atoms in total. The van der Waals surface area contributed by atoms with Gasteiger partial charge in [0.15, 0.2) is 5.70 Å². The molecule has 0 radical (unpaired) electrons. The lowest BCUT2D eigenvalue weighted by atomic mass is 10.1. The number of hydrazine groups is 1. The highest BCUT2D eigenvalue weighted by atomic mass is 16.6. The summed E-state index contributed by atoms with van der Waals surface area (Å²) in [4.78, 5) is 50.7. The number of amides is 2. The molecule has 2 aliphatic rings. The molecule has 33 heavy (non-hydrogen) atoms. The van der Waals surface area contributed by atoms with Gasteiger partial charge in [0.25, 0.3) is 5.91 Å². The van der Waals surface area contributed by atoms with E-state index in [2.05, 4.69) is 11.9 Å². The molecule has 1 N–H and O–H groups in total. The Labute approximate surface area is 191 Å². The number of ether oxygens (including phenoxy) is 3. The van der Waals surface area contributed by atoms with Crippen molar-refractivity contribution in [3.8, 4) is 0 Å². The van der Waals surface area contributed by atoms with E-state index < -0.39 is 35.6 Å². The van der Waals surface area contributed by atoms with Gasteiger partial charge in [0.1, 0.15) is 24.9 Å². The average molecular weight is 457 g/mol. The SMILES string of the molecule is C=CCOC(=O)C1=C(C(=O)OCc2ccccc2)CN2C[C@H](NC(=O)OC(C)(C)C)C(=O)N12. The van der Waals surface area contributed by atoms with E-state index in [1.165, 1.54) is 11.1 Å². The van der Waals surface area contributed by atoms with E-state index in [9.17, 15) is 19.2 Å². The second kappa shape index (κ2) is 9.86. The third-order valence-electron chi connectivity index (χ3n) is 4.70. The summed E-state index contributed by atoms with van der Waals surface area (Å²) in [6.45, 7) is 8.51. The van der Waals surface area contributed by atoms with Gasteiger partial charge in [0, 0.05) is 6.54 Å². The summed E-state index contributed by atoms with van der Waals surface area (Å²) < 4.78 is 15.7.